The van der Waals surface area contributed by atoms with Crippen LogP contribution in [0.5, 0.6) is 0 Å². The van der Waals surface area contributed by atoms with Crippen LogP contribution in [0.25, 0.3) is 0 Å². The number of nitrogens with two attached hydrogens (primary N) is 2. The van der Waals surface area contributed by atoms with Gasteiger partial charge in [-0.05, 0) is 45.3 Å². The summed E-state index contributed by atoms with van der Waals surface area (Å²) in [6.45, 7) is 14.4. The second-order valence-corrected chi connectivity index (χ2v) is 9.11. The molecule has 1 fully saturated rings. The SMILES string of the molecule is CC(C)(C)C(CNc1cc(B2OC(C)(C)C(C)(C)O2)ccc1N)OC(N)=O. The van der Waals surface area contributed by atoms with Crippen molar-refractivity contribution in [3.63, 3.8) is 0 Å². The quantitative estimate of drug-likeness (QED) is 0.537. The fraction of sp³-hybridized carbons (Fsp3) is 0.632. The van der Waals surface area contributed by atoms with Gasteiger partial charge < -0.3 is 30.8 Å². The molecule has 1 heterocycles. The number of rotatable bonds is 5. The van der Waals surface area contributed by atoms with Gasteiger partial charge >= 0.3 is 13.2 Å². The molecule has 1 amide bonds. The summed E-state index contributed by atoms with van der Waals surface area (Å²) in [6, 6.07) is 5.61. The zero-order chi connectivity index (χ0) is 20.6. The number of anilines is 2. The number of carbonyl (C=O) groups excluding carboxylic acids is 1. The van der Waals surface area contributed by atoms with Gasteiger partial charge in [-0.2, -0.15) is 0 Å². The van der Waals surface area contributed by atoms with Crippen LogP contribution >= 0.6 is 0 Å². The monoisotopic (exact) mass is 377 g/mol. The second-order valence-electron chi connectivity index (χ2n) is 9.11. The zero-order valence-electron chi connectivity index (χ0n) is 17.4. The lowest BCUT2D eigenvalue weighted by Gasteiger charge is -2.32. The Bertz CT molecular complexity index is 685. The molecule has 1 aliphatic heterocycles. The van der Waals surface area contributed by atoms with Gasteiger partial charge in [0.1, 0.15) is 6.10 Å². The van der Waals surface area contributed by atoms with E-state index in [2.05, 4.69) is 5.32 Å². The molecule has 1 saturated heterocycles. The van der Waals surface area contributed by atoms with Gasteiger partial charge in [0.25, 0.3) is 0 Å². The van der Waals surface area contributed by atoms with Crippen LogP contribution in [0.3, 0.4) is 0 Å². The molecule has 0 aromatic heterocycles. The van der Waals surface area contributed by atoms with Crippen molar-refractivity contribution in [3.05, 3.63) is 18.2 Å². The summed E-state index contributed by atoms with van der Waals surface area (Å²) in [5, 5.41) is 3.26. The average Bonchev–Trinajstić information content (AvgIpc) is 2.71. The zero-order valence-corrected chi connectivity index (χ0v) is 17.4. The Morgan fingerprint density at radius 1 is 1.22 bits per heavy atom. The predicted octanol–water partition coefficient (Wildman–Crippen LogP) is 2.49. The maximum absolute atomic E-state index is 11.2. The van der Waals surface area contributed by atoms with Crippen LogP contribution in [0.1, 0.15) is 48.5 Å². The summed E-state index contributed by atoms with van der Waals surface area (Å²) in [7, 11) is -0.476. The smallest absolute Gasteiger partial charge is 0.444 e. The predicted molar refractivity (Wildman–Crippen MR) is 109 cm³/mol. The second kappa shape index (κ2) is 7.24. The van der Waals surface area contributed by atoms with Crippen LogP contribution in [-0.2, 0) is 14.0 Å². The Morgan fingerprint density at radius 3 is 2.26 bits per heavy atom. The van der Waals surface area contributed by atoms with Gasteiger partial charge in [-0.3, -0.25) is 0 Å². The maximum Gasteiger partial charge on any atom is 0.494 e. The van der Waals surface area contributed by atoms with E-state index in [4.69, 9.17) is 25.5 Å². The first-order chi connectivity index (χ1) is 12.2. The summed E-state index contributed by atoms with van der Waals surface area (Å²) in [5.74, 6) is 0. The standard InChI is InChI=1S/C19H32BN3O4/c1-17(2,3)15(25-16(22)24)11-23-14-10-12(8-9-13(14)21)20-26-18(4,5)19(6,7)27-20/h8-10,15,23H,11,21H2,1-7H3,(H2,22,24). The van der Waals surface area contributed by atoms with Crippen molar-refractivity contribution in [2.45, 2.75) is 65.8 Å². The highest BCUT2D eigenvalue weighted by Gasteiger charge is 2.51. The molecule has 150 valence electrons. The van der Waals surface area contributed by atoms with Gasteiger partial charge in [-0.25, -0.2) is 4.79 Å². The van der Waals surface area contributed by atoms with Crippen molar-refractivity contribution < 1.29 is 18.8 Å². The molecule has 0 spiro atoms. The van der Waals surface area contributed by atoms with Gasteiger partial charge in [0.15, 0.2) is 0 Å². The summed E-state index contributed by atoms with van der Waals surface area (Å²) < 4.78 is 17.4. The summed E-state index contributed by atoms with van der Waals surface area (Å²) in [5.41, 5.74) is 12.4. The third kappa shape index (κ3) is 4.87. The third-order valence-electron chi connectivity index (χ3n) is 5.31. The summed E-state index contributed by atoms with van der Waals surface area (Å²) >= 11 is 0. The maximum atomic E-state index is 11.2. The van der Waals surface area contributed by atoms with Crippen molar-refractivity contribution >= 4 is 30.0 Å². The Hall–Kier alpha value is -1.93. The van der Waals surface area contributed by atoms with Gasteiger partial charge in [0.05, 0.1) is 29.1 Å². The number of benzene rings is 1. The third-order valence-corrected chi connectivity index (χ3v) is 5.31. The molecular formula is C19H32BN3O4. The number of primary amides is 1. The number of nitrogen functional groups attached to an aromatic ring is 1. The molecule has 27 heavy (non-hydrogen) atoms. The molecule has 1 aliphatic rings. The van der Waals surface area contributed by atoms with E-state index in [1.165, 1.54) is 0 Å². The number of amides is 1. The van der Waals surface area contributed by atoms with E-state index >= 15 is 0 Å². The van der Waals surface area contributed by atoms with Crippen LogP contribution in [0.15, 0.2) is 18.2 Å². The van der Waals surface area contributed by atoms with Crippen molar-refractivity contribution in [2.24, 2.45) is 11.1 Å². The lowest BCUT2D eigenvalue weighted by atomic mass is 9.78. The fourth-order valence-corrected chi connectivity index (χ4v) is 2.72. The fourth-order valence-electron chi connectivity index (χ4n) is 2.72. The molecule has 0 saturated carbocycles. The van der Waals surface area contributed by atoms with Crippen molar-refractivity contribution in [3.8, 4) is 0 Å². The number of hydrogen-bond acceptors (Lipinski definition) is 6. The van der Waals surface area contributed by atoms with E-state index in [9.17, 15) is 4.79 Å². The van der Waals surface area contributed by atoms with Gasteiger partial charge in [0, 0.05) is 5.41 Å². The first-order valence-electron chi connectivity index (χ1n) is 9.18. The van der Waals surface area contributed by atoms with E-state index in [0.717, 1.165) is 11.2 Å². The molecule has 8 heteroatoms. The van der Waals surface area contributed by atoms with Gasteiger partial charge in [-0.15, -0.1) is 0 Å². The van der Waals surface area contributed by atoms with Crippen LogP contribution in [0.2, 0.25) is 0 Å². The Morgan fingerprint density at radius 2 is 1.78 bits per heavy atom. The molecule has 1 atom stereocenters. The van der Waals surface area contributed by atoms with Crippen LogP contribution < -0.4 is 22.2 Å². The van der Waals surface area contributed by atoms with E-state index in [0.29, 0.717) is 12.2 Å². The molecule has 5 N–H and O–H groups in total. The van der Waals surface area contributed by atoms with E-state index < -0.39 is 30.5 Å². The first kappa shape index (κ1) is 21.4. The highest BCUT2D eigenvalue weighted by atomic mass is 16.7. The molecule has 2 rings (SSSR count). The average molecular weight is 377 g/mol. The van der Waals surface area contributed by atoms with E-state index in [-0.39, 0.29) is 5.41 Å². The largest absolute Gasteiger partial charge is 0.494 e. The summed E-state index contributed by atoms with van der Waals surface area (Å²) in [4.78, 5) is 11.2. The van der Waals surface area contributed by atoms with Crippen LogP contribution in [-0.4, -0.2) is 37.1 Å². The Balaban J connectivity index is 2.17. The van der Waals surface area contributed by atoms with E-state index in [1.54, 1.807) is 0 Å². The molecule has 1 aromatic rings. The van der Waals surface area contributed by atoms with Crippen molar-refractivity contribution in [1.82, 2.24) is 0 Å². The van der Waals surface area contributed by atoms with E-state index in [1.807, 2.05) is 66.7 Å². The first-order valence-corrected chi connectivity index (χ1v) is 9.18. The summed E-state index contributed by atoms with van der Waals surface area (Å²) in [6.07, 6.45) is -1.20. The van der Waals surface area contributed by atoms with Crippen LogP contribution in [0, 0.1) is 5.41 Å². The number of ether oxygens (including phenoxy) is 1. The normalized spacial score (nSPS) is 19.6. The number of nitrogens with one attached hydrogen (secondary N) is 1. The highest BCUT2D eigenvalue weighted by Crippen LogP contribution is 2.36. The van der Waals surface area contributed by atoms with Gasteiger partial charge in [-0.1, -0.05) is 26.8 Å². The minimum atomic E-state index is -0.796. The molecule has 1 unspecified atom stereocenters. The minimum absolute atomic E-state index is 0.278. The highest BCUT2D eigenvalue weighted by molar-refractivity contribution is 6.62. The molecule has 1 aromatic carbocycles. The number of hydrogen-bond donors (Lipinski definition) is 3. The molecule has 0 bridgehead atoms. The Labute approximate surface area is 162 Å². The molecular weight excluding hydrogens is 345 g/mol. The van der Waals surface area contributed by atoms with Crippen LogP contribution in [0.4, 0.5) is 16.2 Å². The lowest BCUT2D eigenvalue weighted by Crippen LogP contribution is -2.41. The number of carbonyl (C=O) groups is 1. The van der Waals surface area contributed by atoms with Gasteiger partial charge in [0.2, 0.25) is 0 Å². The molecule has 7 nitrogen and oxygen atoms in total. The topological polar surface area (TPSA) is 109 Å². The molecule has 0 radical (unpaired) electrons. The van der Waals surface area contributed by atoms with Crippen molar-refractivity contribution in [2.75, 3.05) is 17.6 Å². The molecule has 0 aliphatic carbocycles. The minimum Gasteiger partial charge on any atom is -0.444 e. The lowest BCUT2D eigenvalue weighted by molar-refractivity contribution is 0.00578. The van der Waals surface area contributed by atoms with Crippen molar-refractivity contribution in [1.29, 1.82) is 0 Å². The Kier molecular flexibility index (Phi) is 5.73.